The molecule has 0 aliphatic rings. The highest BCUT2D eigenvalue weighted by Crippen LogP contribution is 2.10. The first-order valence-electron chi connectivity index (χ1n) is 5.77. The lowest BCUT2D eigenvalue weighted by molar-refractivity contribution is -0.130. The number of carbonyl (C=O) groups excluding carboxylic acids is 1. The van der Waals surface area contributed by atoms with Gasteiger partial charge >= 0.3 is 0 Å². The predicted octanol–water partition coefficient (Wildman–Crippen LogP) is 0.165. The molecule has 1 atom stereocenters. The first-order valence-corrected chi connectivity index (χ1v) is 7.42. The average molecular weight is 285 g/mol. The number of nitrogens with zero attached hydrogens (tertiary/aromatic N) is 1. The minimum Gasteiger partial charge on any atom is -0.399 e. The quantitative estimate of drug-likeness (QED) is 0.754. The van der Waals surface area contributed by atoms with Crippen LogP contribution in [0.2, 0.25) is 0 Å². The van der Waals surface area contributed by atoms with Crippen LogP contribution in [0.4, 0.5) is 5.69 Å². The SMILES string of the molecule is CC(NS(=O)(=O)Cc1cccc(N)c1)C(=O)N(C)C. The van der Waals surface area contributed by atoms with Crippen molar-refractivity contribution < 1.29 is 13.2 Å². The number of benzene rings is 1. The van der Waals surface area contributed by atoms with Crippen molar-refractivity contribution in [3.63, 3.8) is 0 Å². The zero-order valence-corrected chi connectivity index (χ0v) is 12.1. The molecule has 106 valence electrons. The molecule has 19 heavy (non-hydrogen) atoms. The van der Waals surface area contributed by atoms with Crippen LogP contribution >= 0.6 is 0 Å². The van der Waals surface area contributed by atoms with Crippen LogP contribution in [-0.2, 0) is 20.6 Å². The molecule has 1 aromatic rings. The molecule has 0 aliphatic carbocycles. The summed E-state index contributed by atoms with van der Waals surface area (Å²) in [4.78, 5) is 12.9. The molecule has 1 amide bonds. The number of sulfonamides is 1. The molecule has 0 saturated carbocycles. The van der Waals surface area contributed by atoms with Gasteiger partial charge in [0.1, 0.15) is 0 Å². The summed E-state index contributed by atoms with van der Waals surface area (Å²) in [5, 5.41) is 0. The van der Waals surface area contributed by atoms with E-state index in [1.807, 2.05) is 0 Å². The van der Waals surface area contributed by atoms with Crippen molar-refractivity contribution in [2.24, 2.45) is 0 Å². The summed E-state index contributed by atoms with van der Waals surface area (Å²) in [6, 6.07) is 5.85. The van der Waals surface area contributed by atoms with E-state index in [2.05, 4.69) is 4.72 Å². The second-order valence-electron chi connectivity index (χ2n) is 4.58. The predicted molar refractivity (Wildman–Crippen MR) is 74.8 cm³/mol. The van der Waals surface area contributed by atoms with E-state index < -0.39 is 16.1 Å². The molecule has 1 rings (SSSR count). The van der Waals surface area contributed by atoms with Crippen molar-refractivity contribution in [1.82, 2.24) is 9.62 Å². The van der Waals surface area contributed by atoms with Crippen molar-refractivity contribution in [3.05, 3.63) is 29.8 Å². The molecule has 1 unspecified atom stereocenters. The number of hydrogen-bond donors (Lipinski definition) is 2. The van der Waals surface area contributed by atoms with Crippen LogP contribution in [-0.4, -0.2) is 39.4 Å². The van der Waals surface area contributed by atoms with E-state index in [4.69, 9.17) is 5.73 Å². The van der Waals surface area contributed by atoms with Crippen LogP contribution in [0, 0.1) is 0 Å². The van der Waals surface area contributed by atoms with Gasteiger partial charge in [0.05, 0.1) is 11.8 Å². The number of anilines is 1. The lowest BCUT2D eigenvalue weighted by Gasteiger charge is -2.18. The normalized spacial score (nSPS) is 13.0. The van der Waals surface area contributed by atoms with Crippen LogP contribution in [0.25, 0.3) is 0 Å². The molecule has 6 nitrogen and oxygen atoms in total. The van der Waals surface area contributed by atoms with Crippen LogP contribution < -0.4 is 10.5 Å². The maximum Gasteiger partial charge on any atom is 0.239 e. The fraction of sp³-hybridized carbons (Fsp3) is 0.417. The lowest BCUT2D eigenvalue weighted by atomic mass is 10.2. The van der Waals surface area contributed by atoms with Crippen LogP contribution in [0.15, 0.2) is 24.3 Å². The molecule has 0 heterocycles. The Morgan fingerprint density at radius 3 is 2.58 bits per heavy atom. The minimum atomic E-state index is -3.58. The molecule has 0 fully saturated rings. The van der Waals surface area contributed by atoms with Crippen molar-refractivity contribution >= 4 is 21.6 Å². The highest BCUT2D eigenvalue weighted by molar-refractivity contribution is 7.88. The fourth-order valence-electron chi connectivity index (χ4n) is 1.65. The van der Waals surface area contributed by atoms with E-state index in [1.54, 1.807) is 38.4 Å². The number of nitrogens with two attached hydrogens (primary N) is 1. The van der Waals surface area contributed by atoms with E-state index in [0.29, 0.717) is 11.3 Å². The summed E-state index contributed by atoms with van der Waals surface area (Å²) < 4.78 is 26.2. The van der Waals surface area contributed by atoms with Crippen molar-refractivity contribution in [2.75, 3.05) is 19.8 Å². The van der Waals surface area contributed by atoms with Gasteiger partial charge in [-0.15, -0.1) is 0 Å². The monoisotopic (exact) mass is 285 g/mol. The summed E-state index contributed by atoms with van der Waals surface area (Å²) in [6.07, 6.45) is 0. The average Bonchev–Trinajstić information content (AvgIpc) is 2.26. The van der Waals surface area contributed by atoms with E-state index in [-0.39, 0.29) is 11.7 Å². The first-order chi connectivity index (χ1) is 8.71. The Kier molecular flexibility index (Phi) is 4.90. The van der Waals surface area contributed by atoms with Crippen molar-refractivity contribution in [2.45, 2.75) is 18.7 Å². The van der Waals surface area contributed by atoms with Gasteiger partial charge < -0.3 is 10.6 Å². The standard InChI is InChI=1S/C12H19N3O3S/c1-9(12(16)15(2)3)14-19(17,18)8-10-5-4-6-11(13)7-10/h4-7,9,14H,8,13H2,1-3H3. The molecule has 1 aromatic carbocycles. The number of nitrogen functional groups attached to an aromatic ring is 1. The van der Waals surface area contributed by atoms with Crippen LogP contribution in [0.5, 0.6) is 0 Å². The second kappa shape index (κ2) is 6.03. The third kappa shape index (κ3) is 4.88. The first kappa shape index (κ1) is 15.5. The Hall–Kier alpha value is -1.60. The topological polar surface area (TPSA) is 92.5 Å². The number of nitrogens with one attached hydrogen (secondary N) is 1. The summed E-state index contributed by atoms with van der Waals surface area (Å²) >= 11 is 0. The molecule has 0 aromatic heterocycles. The number of hydrogen-bond acceptors (Lipinski definition) is 4. The van der Waals surface area contributed by atoms with Gasteiger partial charge in [0, 0.05) is 19.8 Å². The van der Waals surface area contributed by atoms with Crippen LogP contribution in [0.3, 0.4) is 0 Å². The number of likely N-dealkylation sites (N-methyl/N-ethyl adjacent to an activating group) is 1. The maximum atomic E-state index is 11.9. The number of amides is 1. The van der Waals surface area contributed by atoms with E-state index in [0.717, 1.165) is 0 Å². The minimum absolute atomic E-state index is 0.205. The lowest BCUT2D eigenvalue weighted by Crippen LogP contribution is -2.44. The van der Waals surface area contributed by atoms with Crippen molar-refractivity contribution in [1.29, 1.82) is 0 Å². The fourth-order valence-corrected chi connectivity index (χ4v) is 2.99. The molecular formula is C12H19N3O3S. The molecule has 0 spiro atoms. The van der Waals surface area contributed by atoms with Gasteiger partial charge in [-0.1, -0.05) is 12.1 Å². The smallest absolute Gasteiger partial charge is 0.239 e. The highest BCUT2D eigenvalue weighted by atomic mass is 32.2. The largest absolute Gasteiger partial charge is 0.399 e. The highest BCUT2D eigenvalue weighted by Gasteiger charge is 2.21. The second-order valence-corrected chi connectivity index (χ2v) is 6.33. The van der Waals surface area contributed by atoms with E-state index in [9.17, 15) is 13.2 Å². The maximum absolute atomic E-state index is 11.9. The van der Waals surface area contributed by atoms with Crippen LogP contribution in [0.1, 0.15) is 12.5 Å². The van der Waals surface area contributed by atoms with Gasteiger partial charge in [-0.2, -0.15) is 0 Å². The Labute approximate surface area is 113 Å². The zero-order valence-electron chi connectivity index (χ0n) is 11.3. The molecule has 0 bridgehead atoms. The van der Waals surface area contributed by atoms with E-state index in [1.165, 1.54) is 11.8 Å². The summed E-state index contributed by atoms with van der Waals surface area (Å²) in [6.45, 7) is 1.51. The molecule has 0 aliphatic heterocycles. The van der Waals surface area contributed by atoms with Gasteiger partial charge in [-0.05, 0) is 24.6 Å². The summed E-state index contributed by atoms with van der Waals surface area (Å²) in [7, 11) is -0.433. The molecule has 7 heteroatoms. The third-order valence-corrected chi connectivity index (χ3v) is 3.90. The van der Waals surface area contributed by atoms with Crippen molar-refractivity contribution in [3.8, 4) is 0 Å². The summed E-state index contributed by atoms with van der Waals surface area (Å²) in [5.74, 6) is -0.501. The molecular weight excluding hydrogens is 266 g/mol. The van der Waals surface area contributed by atoms with E-state index >= 15 is 0 Å². The Morgan fingerprint density at radius 2 is 2.05 bits per heavy atom. The van der Waals surface area contributed by atoms with Gasteiger partial charge in [0.25, 0.3) is 0 Å². The van der Waals surface area contributed by atoms with Gasteiger partial charge in [0.15, 0.2) is 0 Å². The molecule has 0 radical (unpaired) electrons. The zero-order chi connectivity index (χ0) is 14.6. The number of rotatable bonds is 5. The van der Waals surface area contributed by atoms with Gasteiger partial charge in [-0.3, -0.25) is 4.79 Å². The van der Waals surface area contributed by atoms with Gasteiger partial charge in [0.2, 0.25) is 15.9 Å². The number of carbonyl (C=O) groups is 1. The Morgan fingerprint density at radius 1 is 1.42 bits per heavy atom. The third-order valence-electron chi connectivity index (χ3n) is 2.48. The Balaban J connectivity index is 2.75. The molecule has 3 N–H and O–H groups in total. The molecule has 0 saturated heterocycles. The van der Waals surface area contributed by atoms with Gasteiger partial charge in [-0.25, -0.2) is 13.1 Å². The summed E-state index contributed by atoms with van der Waals surface area (Å²) in [5.41, 5.74) is 6.68. The Bertz CT molecular complexity index is 555.